The Bertz CT molecular complexity index is 822. The zero-order valence-corrected chi connectivity index (χ0v) is 13.0. The van der Waals surface area contributed by atoms with Gasteiger partial charge in [0.1, 0.15) is 12.4 Å². The summed E-state index contributed by atoms with van der Waals surface area (Å²) in [5.41, 5.74) is 3.67. The molecule has 1 heterocycles. The summed E-state index contributed by atoms with van der Waals surface area (Å²) in [5, 5.41) is 12.4. The van der Waals surface area contributed by atoms with Crippen molar-refractivity contribution in [2.75, 3.05) is 6.54 Å². The Morgan fingerprint density at radius 2 is 1.91 bits per heavy atom. The van der Waals surface area contributed by atoms with Gasteiger partial charge in [0, 0.05) is 12.2 Å². The lowest BCUT2D eigenvalue weighted by Gasteiger charge is -2.09. The molecule has 0 aliphatic heterocycles. The van der Waals surface area contributed by atoms with Gasteiger partial charge in [-0.05, 0) is 36.8 Å². The summed E-state index contributed by atoms with van der Waals surface area (Å²) in [5.74, 6) is 0.618. The Hall–Kier alpha value is -2.66. The van der Waals surface area contributed by atoms with Crippen LogP contribution in [0.4, 0.5) is 0 Å². The molecule has 5 nitrogen and oxygen atoms in total. The number of benzene rings is 2. The first-order valence-corrected chi connectivity index (χ1v) is 7.66. The summed E-state index contributed by atoms with van der Waals surface area (Å²) in [6.07, 6.45) is 0.367. The Morgan fingerprint density at radius 1 is 1.17 bits per heavy atom. The van der Waals surface area contributed by atoms with E-state index in [-0.39, 0.29) is 12.5 Å². The van der Waals surface area contributed by atoms with Crippen LogP contribution >= 0.6 is 0 Å². The van der Waals surface area contributed by atoms with Crippen LogP contribution in [0.2, 0.25) is 0 Å². The van der Waals surface area contributed by atoms with Gasteiger partial charge in [-0.15, -0.1) is 0 Å². The molecule has 23 heavy (non-hydrogen) atoms. The zero-order chi connectivity index (χ0) is 16.2. The molecule has 0 aliphatic rings. The average molecular weight is 309 g/mol. The van der Waals surface area contributed by atoms with E-state index in [4.69, 9.17) is 0 Å². The number of para-hydroxylation sites is 2. The summed E-state index contributed by atoms with van der Waals surface area (Å²) in [4.78, 5) is 16.1. The molecule has 5 heteroatoms. The van der Waals surface area contributed by atoms with Crippen molar-refractivity contribution in [3.8, 4) is 5.69 Å². The number of nitrogens with one attached hydrogen (secondary N) is 1. The van der Waals surface area contributed by atoms with E-state index in [1.165, 1.54) is 0 Å². The monoisotopic (exact) mass is 309 g/mol. The predicted octanol–water partition coefficient (Wildman–Crippen LogP) is 2.20. The molecule has 0 saturated heterocycles. The number of hydrogen-bond donors (Lipinski definition) is 2. The van der Waals surface area contributed by atoms with Gasteiger partial charge in [0.2, 0.25) is 5.91 Å². The minimum atomic E-state index is -0.130. The molecule has 3 aromatic rings. The molecule has 1 amide bonds. The van der Waals surface area contributed by atoms with Crippen LogP contribution in [0, 0.1) is 0 Å². The third-order valence-electron chi connectivity index (χ3n) is 3.70. The van der Waals surface area contributed by atoms with Gasteiger partial charge in [-0.25, -0.2) is 4.98 Å². The molecule has 2 aromatic carbocycles. The largest absolute Gasteiger partial charge is 0.388 e. The van der Waals surface area contributed by atoms with Crippen LogP contribution in [0.25, 0.3) is 16.7 Å². The minimum absolute atomic E-state index is 0.0179. The number of hydrogen-bond acceptors (Lipinski definition) is 3. The number of carbonyl (C=O) groups excluding carboxylic acids is 1. The van der Waals surface area contributed by atoms with Crippen molar-refractivity contribution < 1.29 is 9.90 Å². The van der Waals surface area contributed by atoms with Gasteiger partial charge < -0.3 is 10.4 Å². The number of amides is 1. The maximum absolute atomic E-state index is 11.6. The smallest absolute Gasteiger partial charge is 0.224 e. The zero-order valence-electron chi connectivity index (χ0n) is 13.0. The fourth-order valence-corrected chi connectivity index (χ4v) is 2.68. The molecule has 3 rings (SSSR count). The molecule has 0 atom stereocenters. The quantitative estimate of drug-likeness (QED) is 0.759. The molecule has 0 saturated carbocycles. The molecule has 0 fully saturated rings. The van der Waals surface area contributed by atoms with E-state index in [1.807, 2.05) is 60.0 Å². The predicted molar refractivity (Wildman–Crippen MR) is 89.4 cm³/mol. The second-order valence-corrected chi connectivity index (χ2v) is 5.31. The van der Waals surface area contributed by atoms with E-state index in [0.29, 0.717) is 18.8 Å². The summed E-state index contributed by atoms with van der Waals surface area (Å²) >= 11 is 0. The van der Waals surface area contributed by atoms with Gasteiger partial charge in [0.05, 0.1) is 17.5 Å². The molecule has 0 bridgehead atoms. The maximum atomic E-state index is 11.6. The van der Waals surface area contributed by atoms with Crippen molar-refractivity contribution >= 4 is 16.9 Å². The van der Waals surface area contributed by atoms with Crippen LogP contribution in [0.5, 0.6) is 0 Å². The highest BCUT2D eigenvalue weighted by Crippen LogP contribution is 2.22. The van der Waals surface area contributed by atoms with Crippen molar-refractivity contribution in [1.29, 1.82) is 0 Å². The minimum Gasteiger partial charge on any atom is -0.388 e. The first-order valence-electron chi connectivity index (χ1n) is 7.66. The number of imidazole rings is 1. The first kappa shape index (κ1) is 15.2. The Balaban J connectivity index is 1.95. The molecule has 2 N–H and O–H groups in total. The van der Waals surface area contributed by atoms with Crippen molar-refractivity contribution in [3.63, 3.8) is 0 Å². The second kappa shape index (κ2) is 6.62. The number of rotatable bonds is 5. The standard InChI is InChI=1S/C18H19N3O2/c1-2-19-18(23)11-13-7-9-14(10-8-13)21-16-6-4-3-5-15(16)20-17(21)12-22/h3-10,22H,2,11-12H2,1H3,(H,19,23). The molecule has 118 valence electrons. The van der Waals surface area contributed by atoms with E-state index in [0.717, 1.165) is 22.3 Å². The summed E-state index contributed by atoms with van der Waals surface area (Å²) < 4.78 is 1.94. The highest BCUT2D eigenvalue weighted by Gasteiger charge is 2.11. The van der Waals surface area contributed by atoms with Gasteiger partial charge in [-0.2, -0.15) is 0 Å². The summed E-state index contributed by atoms with van der Waals surface area (Å²) in [7, 11) is 0. The molecule has 0 aliphatic carbocycles. The van der Waals surface area contributed by atoms with Crippen LogP contribution < -0.4 is 5.32 Å². The fourth-order valence-electron chi connectivity index (χ4n) is 2.68. The van der Waals surface area contributed by atoms with Crippen LogP contribution in [-0.2, 0) is 17.8 Å². The maximum Gasteiger partial charge on any atom is 0.224 e. The van der Waals surface area contributed by atoms with E-state index in [2.05, 4.69) is 10.3 Å². The normalized spacial score (nSPS) is 10.9. The second-order valence-electron chi connectivity index (χ2n) is 5.31. The topological polar surface area (TPSA) is 67.2 Å². The van der Waals surface area contributed by atoms with E-state index in [9.17, 15) is 9.90 Å². The summed E-state index contributed by atoms with van der Waals surface area (Å²) in [6, 6.07) is 15.5. The van der Waals surface area contributed by atoms with E-state index in [1.54, 1.807) is 0 Å². The van der Waals surface area contributed by atoms with Gasteiger partial charge in [-0.1, -0.05) is 24.3 Å². The Labute approximate surface area is 134 Å². The molecule has 1 aromatic heterocycles. The molecular formula is C18H19N3O2. The van der Waals surface area contributed by atoms with Crippen molar-refractivity contribution in [2.45, 2.75) is 20.0 Å². The average Bonchev–Trinajstić information content (AvgIpc) is 2.94. The molecule has 0 unspecified atom stereocenters. The van der Waals surface area contributed by atoms with Gasteiger partial charge >= 0.3 is 0 Å². The van der Waals surface area contributed by atoms with Crippen molar-refractivity contribution in [3.05, 3.63) is 59.9 Å². The van der Waals surface area contributed by atoms with Crippen molar-refractivity contribution in [1.82, 2.24) is 14.9 Å². The molecule has 0 spiro atoms. The Kier molecular flexibility index (Phi) is 4.39. The SMILES string of the molecule is CCNC(=O)Cc1ccc(-n2c(CO)nc3ccccc32)cc1. The van der Waals surface area contributed by atoms with Crippen LogP contribution in [-0.4, -0.2) is 27.1 Å². The Morgan fingerprint density at radius 3 is 2.61 bits per heavy atom. The number of likely N-dealkylation sites (N-methyl/N-ethyl adjacent to an activating group) is 1. The number of fused-ring (bicyclic) bond motifs is 1. The van der Waals surface area contributed by atoms with Crippen LogP contribution in [0.1, 0.15) is 18.3 Å². The van der Waals surface area contributed by atoms with E-state index >= 15 is 0 Å². The first-order chi connectivity index (χ1) is 11.2. The van der Waals surface area contributed by atoms with Crippen LogP contribution in [0.3, 0.4) is 0 Å². The van der Waals surface area contributed by atoms with Crippen LogP contribution in [0.15, 0.2) is 48.5 Å². The number of aliphatic hydroxyl groups excluding tert-OH is 1. The number of aromatic nitrogens is 2. The highest BCUT2D eigenvalue weighted by atomic mass is 16.3. The lowest BCUT2D eigenvalue weighted by Crippen LogP contribution is -2.24. The molecular weight excluding hydrogens is 290 g/mol. The highest BCUT2D eigenvalue weighted by molar-refractivity contribution is 5.79. The number of aliphatic hydroxyl groups is 1. The van der Waals surface area contributed by atoms with E-state index < -0.39 is 0 Å². The molecule has 0 radical (unpaired) electrons. The lowest BCUT2D eigenvalue weighted by molar-refractivity contribution is -0.120. The third kappa shape index (κ3) is 3.10. The lowest BCUT2D eigenvalue weighted by atomic mass is 10.1. The summed E-state index contributed by atoms with van der Waals surface area (Å²) in [6.45, 7) is 2.41. The number of carbonyl (C=O) groups is 1. The van der Waals surface area contributed by atoms with Crippen molar-refractivity contribution in [2.24, 2.45) is 0 Å². The van der Waals surface area contributed by atoms with Gasteiger partial charge in [-0.3, -0.25) is 9.36 Å². The van der Waals surface area contributed by atoms with Gasteiger partial charge in [0.15, 0.2) is 0 Å². The number of nitrogens with zero attached hydrogens (tertiary/aromatic N) is 2. The fraction of sp³-hybridized carbons (Fsp3) is 0.222. The third-order valence-corrected chi connectivity index (χ3v) is 3.70. The van der Waals surface area contributed by atoms with Gasteiger partial charge in [0.25, 0.3) is 0 Å².